The smallest absolute Gasteiger partial charge is 0.269 e. The molecule has 0 fully saturated rings. The van der Waals surface area contributed by atoms with Gasteiger partial charge < -0.3 is 9.64 Å². The molecule has 0 saturated carbocycles. The molecule has 3 aromatic carbocycles. The third-order valence-corrected chi connectivity index (χ3v) is 3.86. The number of hydrogen-bond donors (Lipinski definition) is 0. The van der Waals surface area contributed by atoms with Gasteiger partial charge >= 0.3 is 0 Å². The van der Waals surface area contributed by atoms with E-state index in [1.54, 1.807) is 0 Å². The van der Waals surface area contributed by atoms with E-state index in [4.69, 9.17) is 17.0 Å². The highest BCUT2D eigenvalue weighted by molar-refractivity contribution is 7.80. The first-order valence-electron chi connectivity index (χ1n) is 7.31. The molecule has 0 unspecified atom stereocenters. The zero-order valence-electron chi connectivity index (χ0n) is 12.4. The Morgan fingerprint density at radius 2 is 1.59 bits per heavy atom. The van der Waals surface area contributed by atoms with Crippen LogP contribution in [0.4, 0.5) is 5.69 Å². The van der Waals surface area contributed by atoms with E-state index in [0.717, 1.165) is 28.8 Å². The Labute approximate surface area is 135 Å². The standard InChI is InChI=1S/C19H17NOS/c1-2-20(16-11-4-3-5-12-16)19(22)21-18-14-8-10-15-9-6-7-13-17(15)18/h3-14H,2H2,1H3. The maximum atomic E-state index is 5.99. The topological polar surface area (TPSA) is 12.5 Å². The number of anilines is 1. The molecule has 0 spiro atoms. The summed E-state index contributed by atoms with van der Waals surface area (Å²) in [4.78, 5) is 1.98. The molecule has 3 aromatic rings. The van der Waals surface area contributed by atoms with Crippen molar-refractivity contribution in [1.82, 2.24) is 0 Å². The van der Waals surface area contributed by atoms with Gasteiger partial charge in [-0.2, -0.15) is 0 Å². The van der Waals surface area contributed by atoms with E-state index in [2.05, 4.69) is 19.1 Å². The summed E-state index contributed by atoms with van der Waals surface area (Å²) in [5, 5.41) is 2.67. The molecule has 3 rings (SSSR count). The van der Waals surface area contributed by atoms with Crippen molar-refractivity contribution in [2.24, 2.45) is 0 Å². The second-order valence-corrected chi connectivity index (χ2v) is 5.27. The van der Waals surface area contributed by atoms with Gasteiger partial charge in [0.15, 0.2) is 0 Å². The van der Waals surface area contributed by atoms with Crippen molar-refractivity contribution >= 4 is 33.9 Å². The van der Waals surface area contributed by atoms with Crippen molar-refractivity contribution in [2.75, 3.05) is 11.4 Å². The minimum absolute atomic E-state index is 0.463. The predicted molar refractivity (Wildman–Crippen MR) is 96.6 cm³/mol. The first kappa shape index (κ1) is 14.5. The number of fused-ring (bicyclic) bond motifs is 1. The Kier molecular flexibility index (Phi) is 4.35. The normalized spacial score (nSPS) is 10.4. The third-order valence-electron chi connectivity index (χ3n) is 3.55. The fourth-order valence-electron chi connectivity index (χ4n) is 2.46. The second-order valence-electron chi connectivity index (χ2n) is 4.93. The maximum Gasteiger partial charge on any atom is 0.269 e. The van der Waals surface area contributed by atoms with Gasteiger partial charge in [0.1, 0.15) is 5.75 Å². The fraction of sp³-hybridized carbons (Fsp3) is 0.105. The molecule has 0 heterocycles. The lowest BCUT2D eigenvalue weighted by Crippen LogP contribution is -2.33. The fourth-order valence-corrected chi connectivity index (χ4v) is 2.78. The summed E-state index contributed by atoms with van der Waals surface area (Å²) in [5.74, 6) is 0.789. The van der Waals surface area contributed by atoms with Crippen LogP contribution in [0.25, 0.3) is 10.8 Å². The molecule has 0 aliphatic heterocycles. The lowest BCUT2D eigenvalue weighted by atomic mass is 10.1. The Morgan fingerprint density at radius 1 is 0.909 bits per heavy atom. The second kappa shape index (κ2) is 6.58. The molecular formula is C19H17NOS. The largest absolute Gasteiger partial charge is 0.431 e. The molecule has 0 aromatic heterocycles. The lowest BCUT2D eigenvalue weighted by Gasteiger charge is -2.23. The van der Waals surface area contributed by atoms with Crippen LogP contribution >= 0.6 is 12.2 Å². The molecular weight excluding hydrogens is 290 g/mol. The van der Waals surface area contributed by atoms with Crippen molar-refractivity contribution in [3.63, 3.8) is 0 Å². The van der Waals surface area contributed by atoms with Gasteiger partial charge in [-0.1, -0.05) is 54.6 Å². The van der Waals surface area contributed by atoms with E-state index in [1.807, 2.05) is 65.6 Å². The van der Waals surface area contributed by atoms with Crippen LogP contribution in [0.2, 0.25) is 0 Å². The van der Waals surface area contributed by atoms with Crippen LogP contribution in [0.5, 0.6) is 5.75 Å². The van der Waals surface area contributed by atoms with E-state index < -0.39 is 0 Å². The van der Waals surface area contributed by atoms with E-state index in [-0.39, 0.29) is 0 Å². The van der Waals surface area contributed by atoms with Gasteiger partial charge in [0.25, 0.3) is 5.17 Å². The quantitative estimate of drug-likeness (QED) is 0.630. The molecule has 0 amide bonds. The first-order valence-corrected chi connectivity index (χ1v) is 7.72. The summed E-state index contributed by atoms with van der Waals surface area (Å²) < 4.78 is 5.99. The van der Waals surface area contributed by atoms with Crippen molar-refractivity contribution in [1.29, 1.82) is 0 Å². The SMILES string of the molecule is CCN(C(=S)Oc1cccc2ccccc12)c1ccccc1. The predicted octanol–water partition coefficient (Wildman–Crippen LogP) is 5.03. The van der Waals surface area contributed by atoms with Gasteiger partial charge in [-0.05, 0) is 42.7 Å². The number of ether oxygens (including phenoxy) is 1. The number of rotatable bonds is 3. The minimum Gasteiger partial charge on any atom is -0.431 e. The van der Waals surface area contributed by atoms with Crippen LogP contribution in [-0.2, 0) is 0 Å². The Hall–Kier alpha value is -2.39. The van der Waals surface area contributed by atoms with Gasteiger partial charge in [-0.25, -0.2) is 0 Å². The van der Waals surface area contributed by atoms with E-state index in [1.165, 1.54) is 0 Å². The minimum atomic E-state index is 0.463. The molecule has 110 valence electrons. The molecule has 22 heavy (non-hydrogen) atoms. The number of para-hydroxylation sites is 1. The molecule has 0 aliphatic carbocycles. The molecule has 0 radical (unpaired) electrons. The Bertz CT molecular complexity index is 780. The number of benzene rings is 3. The summed E-state index contributed by atoms with van der Waals surface area (Å²) in [7, 11) is 0. The van der Waals surface area contributed by atoms with Gasteiger partial charge in [0, 0.05) is 17.6 Å². The average Bonchev–Trinajstić information content (AvgIpc) is 2.57. The van der Waals surface area contributed by atoms with Crippen LogP contribution in [0.1, 0.15) is 6.92 Å². The summed E-state index contributed by atoms with van der Waals surface area (Å²) in [6, 6.07) is 24.2. The summed E-state index contributed by atoms with van der Waals surface area (Å²) in [6.07, 6.45) is 0. The summed E-state index contributed by atoms with van der Waals surface area (Å²) >= 11 is 5.51. The number of thiocarbonyl (C=S) groups is 1. The Morgan fingerprint density at radius 3 is 2.36 bits per heavy atom. The Balaban J connectivity index is 1.89. The summed E-state index contributed by atoms with van der Waals surface area (Å²) in [5.41, 5.74) is 1.04. The van der Waals surface area contributed by atoms with Gasteiger partial charge in [0.2, 0.25) is 0 Å². The molecule has 0 atom stereocenters. The maximum absolute atomic E-state index is 5.99. The molecule has 3 heteroatoms. The van der Waals surface area contributed by atoms with Crippen LogP contribution in [-0.4, -0.2) is 11.7 Å². The summed E-state index contributed by atoms with van der Waals surface area (Å²) in [6.45, 7) is 2.82. The zero-order chi connectivity index (χ0) is 15.4. The van der Waals surface area contributed by atoms with E-state index in [9.17, 15) is 0 Å². The lowest BCUT2D eigenvalue weighted by molar-refractivity contribution is 0.554. The van der Waals surface area contributed by atoms with Crippen LogP contribution in [0.15, 0.2) is 72.8 Å². The number of hydrogen-bond acceptors (Lipinski definition) is 2. The van der Waals surface area contributed by atoms with Gasteiger partial charge in [-0.3, -0.25) is 0 Å². The van der Waals surface area contributed by atoms with Gasteiger partial charge in [0.05, 0.1) is 0 Å². The third kappa shape index (κ3) is 2.95. The highest BCUT2D eigenvalue weighted by atomic mass is 32.1. The molecule has 2 nitrogen and oxygen atoms in total. The van der Waals surface area contributed by atoms with Crippen molar-refractivity contribution in [3.8, 4) is 5.75 Å². The van der Waals surface area contributed by atoms with Crippen LogP contribution in [0, 0.1) is 0 Å². The molecule has 0 N–H and O–H groups in total. The van der Waals surface area contributed by atoms with Crippen LogP contribution < -0.4 is 9.64 Å². The van der Waals surface area contributed by atoms with Crippen molar-refractivity contribution in [3.05, 3.63) is 72.8 Å². The average molecular weight is 307 g/mol. The molecule has 0 saturated heterocycles. The monoisotopic (exact) mass is 307 g/mol. The van der Waals surface area contributed by atoms with Crippen molar-refractivity contribution < 1.29 is 4.74 Å². The molecule has 0 aliphatic rings. The molecule has 0 bridgehead atoms. The highest BCUT2D eigenvalue weighted by Crippen LogP contribution is 2.26. The van der Waals surface area contributed by atoms with Crippen molar-refractivity contribution in [2.45, 2.75) is 6.92 Å². The highest BCUT2D eigenvalue weighted by Gasteiger charge is 2.13. The van der Waals surface area contributed by atoms with Crippen LogP contribution in [0.3, 0.4) is 0 Å². The van der Waals surface area contributed by atoms with Gasteiger partial charge in [-0.15, -0.1) is 0 Å². The van der Waals surface area contributed by atoms with E-state index in [0.29, 0.717) is 5.17 Å². The number of nitrogens with zero attached hydrogens (tertiary/aromatic N) is 1. The first-order chi connectivity index (χ1) is 10.8. The zero-order valence-corrected chi connectivity index (χ0v) is 13.2. The van der Waals surface area contributed by atoms with E-state index >= 15 is 0 Å².